The van der Waals surface area contributed by atoms with Crippen molar-refractivity contribution in [3.05, 3.63) is 22.4 Å². The summed E-state index contributed by atoms with van der Waals surface area (Å²) in [6, 6.07) is 4.21. The van der Waals surface area contributed by atoms with Crippen molar-refractivity contribution in [2.75, 3.05) is 26.2 Å². The fourth-order valence-corrected chi connectivity index (χ4v) is 3.88. The second-order valence-electron chi connectivity index (χ2n) is 6.57. The zero-order valence-corrected chi connectivity index (χ0v) is 18.9. The number of hydrogen-bond donors (Lipinski definition) is 3. The Labute approximate surface area is 178 Å². The maximum absolute atomic E-state index is 12.0. The Bertz CT molecular complexity index is 516. The molecule has 0 unspecified atom stereocenters. The second-order valence-corrected chi connectivity index (χ2v) is 7.61. The molecule has 1 aromatic heterocycles. The summed E-state index contributed by atoms with van der Waals surface area (Å²) in [4.78, 5) is 17.9. The first-order valence-corrected chi connectivity index (χ1v) is 10.5. The van der Waals surface area contributed by atoms with E-state index in [-0.39, 0.29) is 29.9 Å². The Hall–Kier alpha value is -0.830. The third-order valence-electron chi connectivity index (χ3n) is 4.49. The molecule has 5 nitrogen and oxygen atoms in total. The van der Waals surface area contributed by atoms with Gasteiger partial charge in [-0.2, -0.15) is 0 Å². The molecule has 1 heterocycles. The van der Waals surface area contributed by atoms with Crippen molar-refractivity contribution >= 4 is 47.2 Å². The predicted octanol–water partition coefficient (Wildman–Crippen LogP) is 3.55. The van der Waals surface area contributed by atoms with Crippen LogP contribution in [0.1, 0.15) is 50.3 Å². The van der Waals surface area contributed by atoms with E-state index in [1.165, 1.54) is 37.0 Å². The molecule has 7 heteroatoms. The lowest BCUT2D eigenvalue weighted by molar-refractivity contribution is -0.122. The molecule has 1 saturated carbocycles. The predicted molar refractivity (Wildman–Crippen MR) is 122 cm³/mol. The van der Waals surface area contributed by atoms with Gasteiger partial charge in [-0.15, -0.1) is 35.3 Å². The Balaban J connectivity index is 0.00000338. The molecule has 0 radical (unpaired) electrons. The van der Waals surface area contributed by atoms with Crippen molar-refractivity contribution < 1.29 is 4.79 Å². The van der Waals surface area contributed by atoms with Gasteiger partial charge in [-0.3, -0.25) is 9.79 Å². The van der Waals surface area contributed by atoms with Gasteiger partial charge < -0.3 is 16.0 Å². The summed E-state index contributed by atoms with van der Waals surface area (Å²) in [5.74, 6) is 1.60. The quantitative estimate of drug-likeness (QED) is 0.214. The molecule has 2 rings (SSSR count). The van der Waals surface area contributed by atoms with E-state index in [1.807, 2.05) is 0 Å². The zero-order chi connectivity index (χ0) is 17.7. The number of nitrogens with zero attached hydrogens (tertiary/aromatic N) is 1. The van der Waals surface area contributed by atoms with Crippen molar-refractivity contribution in [1.29, 1.82) is 0 Å². The number of aliphatic imine (C=N–C) groups is 1. The van der Waals surface area contributed by atoms with E-state index < -0.39 is 0 Å². The summed E-state index contributed by atoms with van der Waals surface area (Å²) in [7, 11) is 0. The van der Waals surface area contributed by atoms with Crippen molar-refractivity contribution in [3.8, 4) is 0 Å². The SMILES string of the molecule is CCNC(=NCCc1cccs1)NCCNC(=O)CC1CCCCC1.I. The number of halogens is 1. The van der Waals surface area contributed by atoms with Gasteiger partial charge >= 0.3 is 0 Å². The van der Waals surface area contributed by atoms with Gasteiger partial charge in [0.25, 0.3) is 0 Å². The van der Waals surface area contributed by atoms with Crippen LogP contribution in [0, 0.1) is 5.92 Å². The molecule has 148 valence electrons. The molecule has 0 saturated heterocycles. The van der Waals surface area contributed by atoms with Crippen LogP contribution in [-0.4, -0.2) is 38.0 Å². The van der Waals surface area contributed by atoms with E-state index in [1.54, 1.807) is 11.3 Å². The molecule has 0 aromatic carbocycles. The molecule has 1 aliphatic rings. The van der Waals surface area contributed by atoms with E-state index >= 15 is 0 Å². The Morgan fingerprint density at radius 1 is 1.19 bits per heavy atom. The molecular formula is C19H33IN4OS. The van der Waals surface area contributed by atoms with E-state index in [0.717, 1.165) is 25.5 Å². The fourth-order valence-electron chi connectivity index (χ4n) is 3.18. The maximum atomic E-state index is 12.0. The van der Waals surface area contributed by atoms with Gasteiger partial charge in [-0.05, 0) is 37.1 Å². The third kappa shape index (κ3) is 9.75. The first-order valence-electron chi connectivity index (χ1n) is 9.59. The standard InChI is InChI=1S/C19H32N4OS.HI/c1-2-20-19(22-11-10-17-9-6-14-25-17)23-13-12-21-18(24)15-16-7-4-3-5-8-16;/h6,9,14,16H,2-5,7-8,10-13,15H2,1H3,(H,21,24)(H2,20,22,23);1H. The molecule has 26 heavy (non-hydrogen) atoms. The van der Waals surface area contributed by atoms with Gasteiger partial charge in [0.2, 0.25) is 5.91 Å². The number of guanidine groups is 1. The monoisotopic (exact) mass is 492 g/mol. The van der Waals surface area contributed by atoms with Crippen molar-refractivity contribution in [2.24, 2.45) is 10.9 Å². The molecule has 0 spiro atoms. The van der Waals surface area contributed by atoms with Gasteiger partial charge in [-0.25, -0.2) is 0 Å². The van der Waals surface area contributed by atoms with Crippen LogP contribution in [-0.2, 0) is 11.2 Å². The molecule has 1 fully saturated rings. The highest BCUT2D eigenvalue weighted by Crippen LogP contribution is 2.25. The summed E-state index contributed by atoms with van der Waals surface area (Å²) in [6.07, 6.45) is 7.99. The third-order valence-corrected chi connectivity index (χ3v) is 5.43. The molecule has 1 aliphatic carbocycles. The molecule has 1 aromatic rings. The first-order chi connectivity index (χ1) is 12.3. The molecular weight excluding hydrogens is 459 g/mol. The zero-order valence-electron chi connectivity index (χ0n) is 15.8. The number of thiophene rings is 1. The topological polar surface area (TPSA) is 65.5 Å². The van der Waals surface area contributed by atoms with Crippen molar-refractivity contribution in [2.45, 2.75) is 51.9 Å². The Kier molecular flexibility index (Phi) is 12.7. The van der Waals surface area contributed by atoms with Gasteiger partial charge in [0.1, 0.15) is 0 Å². The van der Waals surface area contributed by atoms with Crippen LogP contribution < -0.4 is 16.0 Å². The van der Waals surface area contributed by atoms with Crippen LogP contribution >= 0.6 is 35.3 Å². The Morgan fingerprint density at radius 3 is 2.65 bits per heavy atom. The van der Waals surface area contributed by atoms with Gasteiger partial charge in [0, 0.05) is 43.9 Å². The minimum Gasteiger partial charge on any atom is -0.357 e. The molecule has 1 amide bonds. The number of rotatable bonds is 9. The highest BCUT2D eigenvalue weighted by atomic mass is 127. The highest BCUT2D eigenvalue weighted by molar-refractivity contribution is 14.0. The average Bonchev–Trinajstić information content (AvgIpc) is 3.13. The Morgan fingerprint density at radius 2 is 1.96 bits per heavy atom. The van der Waals surface area contributed by atoms with Crippen LogP contribution in [0.4, 0.5) is 0 Å². The van der Waals surface area contributed by atoms with Crippen LogP contribution in [0.2, 0.25) is 0 Å². The van der Waals surface area contributed by atoms with E-state index in [0.29, 0.717) is 25.4 Å². The number of amides is 1. The molecule has 0 bridgehead atoms. The van der Waals surface area contributed by atoms with Crippen molar-refractivity contribution in [3.63, 3.8) is 0 Å². The van der Waals surface area contributed by atoms with Crippen LogP contribution in [0.5, 0.6) is 0 Å². The first kappa shape index (κ1) is 23.2. The largest absolute Gasteiger partial charge is 0.357 e. The lowest BCUT2D eigenvalue weighted by Crippen LogP contribution is -2.41. The molecule has 0 aliphatic heterocycles. The summed E-state index contributed by atoms with van der Waals surface area (Å²) in [5.41, 5.74) is 0. The van der Waals surface area contributed by atoms with Crippen LogP contribution in [0.25, 0.3) is 0 Å². The van der Waals surface area contributed by atoms with E-state index in [9.17, 15) is 4.79 Å². The smallest absolute Gasteiger partial charge is 0.220 e. The minimum absolute atomic E-state index is 0. The molecule has 0 atom stereocenters. The van der Waals surface area contributed by atoms with Gasteiger partial charge in [0.15, 0.2) is 5.96 Å². The number of carbonyl (C=O) groups is 1. The lowest BCUT2D eigenvalue weighted by Gasteiger charge is -2.20. The summed E-state index contributed by atoms with van der Waals surface area (Å²) >= 11 is 1.77. The lowest BCUT2D eigenvalue weighted by atomic mass is 9.87. The number of hydrogen-bond acceptors (Lipinski definition) is 3. The summed E-state index contributed by atoms with van der Waals surface area (Å²) < 4.78 is 0. The minimum atomic E-state index is 0. The van der Waals surface area contributed by atoms with Gasteiger partial charge in [0.05, 0.1) is 0 Å². The number of carbonyl (C=O) groups excluding carboxylic acids is 1. The van der Waals surface area contributed by atoms with Crippen LogP contribution in [0.3, 0.4) is 0 Å². The molecule has 3 N–H and O–H groups in total. The normalized spacial score (nSPS) is 15.2. The summed E-state index contributed by atoms with van der Waals surface area (Å²) in [5, 5.41) is 11.7. The second kappa shape index (κ2) is 14.3. The fraction of sp³-hybridized carbons (Fsp3) is 0.684. The number of nitrogens with one attached hydrogen (secondary N) is 3. The van der Waals surface area contributed by atoms with Gasteiger partial charge in [-0.1, -0.05) is 25.3 Å². The van der Waals surface area contributed by atoms with E-state index in [4.69, 9.17) is 0 Å². The van der Waals surface area contributed by atoms with Crippen molar-refractivity contribution in [1.82, 2.24) is 16.0 Å². The average molecular weight is 492 g/mol. The highest BCUT2D eigenvalue weighted by Gasteiger charge is 2.16. The maximum Gasteiger partial charge on any atom is 0.220 e. The van der Waals surface area contributed by atoms with E-state index in [2.05, 4.69) is 45.4 Å². The summed E-state index contributed by atoms with van der Waals surface area (Å²) in [6.45, 7) is 4.99. The van der Waals surface area contributed by atoms with Crippen LogP contribution in [0.15, 0.2) is 22.5 Å².